The molecule has 2 aromatic heterocycles. The van der Waals surface area contributed by atoms with Crippen molar-refractivity contribution in [3.05, 3.63) is 53.3 Å². The second-order valence-corrected chi connectivity index (χ2v) is 6.41. The number of benzene rings is 1. The van der Waals surface area contributed by atoms with Crippen molar-refractivity contribution >= 4 is 22.6 Å². The average molecular weight is 347 g/mol. The highest BCUT2D eigenvalue weighted by atomic mass is 35.5. The molecule has 122 valence electrons. The van der Waals surface area contributed by atoms with E-state index in [2.05, 4.69) is 28.3 Å². The average Bonchev–Trinajstić information content (AvgIpc) is 3.29. The van der Waals surface area contributed by atoms with E-state index in [-0.39, 0.29) is 0 Å². The first kappa shape index (κ1) is 15.7. The Bertz CT molecular complexity index is 1030. The molecule has 0 bridgehead atoms. The number of halogens is 1. The Balaban J connectivity index is 1.76. The zero-order valence-electron chi connectivity index (χ0n) is 13.5. The number of hydrogen-bond acceptors (Lipinski definition) is 3. The smallest absolute Gasteiger partial charge is 0.137 e. The van der Waals surface area contributed by atoms with Gasteiger partial charge in [-0.2, -0.15) is 5.26 Å². The number of rotatable bonds is 1. The van der Waals surface area contributed by atoms with Crippen LogP contribution in [0.2, 0.25) is 5.15 Å². The van der Waals surface area contributed by atoms with Crippen LogP contribution in [0.25, 0.3) is 22.2 Å². The number of nitrogens with zero attached hydrogens (tertiary/aromatic N) is 3. The van der Waals surface area contributed by atoms with Crippen molar-refractivity contribution in [1.82, 2.24) is 14.9 Å². The van der Waals surface area contributed by atoms with Gasteiger partial charge in [0.05, 0.1) is 22.7 Å². The third kappa shape index (κ3) is 3.10. The number of hydrogen-bond donors (Lipinski definition) is 1. The van der Waals surface area contributed by atoms with Gasteiger partial charge in [0, 0.05) is 30.3 Å². The molecule has 1 N–H and O–H groups in total. The molecule has 25 heavy (non-hydrogen) atoms. The summed E-state index contributed by atoms with van der Waals surface area (Å²) in [6, 6.07) is 16.6. The topological polar surface area (TPSA) is 53.6 Å². The van der Waals surface area contributed by atoms with E-state index < -0.39 is 0 Å². The molecule has 0 spiro atoms. The molecule has 0 radical (unpaired) electrons. The summed E-state index contributed by atoms with van der Waals surface area (Å²) >= 11 is 6.37. The van der Waals surface area contributed by atoms with Crippen LogP contribution in [-0.2, 0) is 0 Å². The molecule has 1 aromatic carbocycles. The van der Waals surface area contributed by atoms with Crippen LogP contribution in [-0.4, -0.2) is 22.6 Å². The maximum absolute atomic E-state index is 8.94. The number of aromatic nitrogens is 2. The van der Waals surface area contributed by atoms with E-state index in [0.717, 1.165) is 41.7 Å². The number of nitrogens with one attached hydrogen (secondary N) is 1. The first-order valence-corrected chi connectivity index (χ1v) is 8.53. The summed E-state index contributed by atoms with van der Waals surface area (Å²) in [7, 11) is 0. The maximum atomic E-state index is 8.94. The Morgan fingerprint density at radius 3 is 2.80 bits per heavy atom. The molecule has 5 heteroatoms. The van der Waals surface area contributed by atoms with Gasteiger partial charge >= 0.3 is 0 Å². The lowest BCUT2D eigenvalue weighted by atomic mass is 10.1. The Labute approximate surface area is 151 Å². The third-order valence-corrected chi connectivity index (χ3v) is 4.69. The first-order chi connectivity index (χ1) is 12.2. The standard InChI is InChI=1S/C20H15ClN4/c21-20-17(16-3-1-14(12-22)2-4-16)11-19-18(24-20)7-10-25(19)9-6-15-5-8-23-13-15/h1-4,7,10-11,15,23H,5,8,13H2/t15-/m0/s1. The Hall–Kier alpha value is -2.79. The molecule has 0 saturated carbocycles. The Morgan fingerprint density at radius 2 is 2.08 bits per heavy atom. The molecule has 1 atom stereocenters. The summed E-state index contributed by atoms with van der Waals surface area (Å²) in [5, 5.41) is 12.7. The highest BCUT2D eigenvalue weighted by Crippen LogP contribution is 2.30. The first-order valence-electron chi connectivity index (χ1n) is 8.15. The Morgan fingerprint density at radius 1 is 1.24 bits per heavy atom. The van der Waals surface area contributed by atoms with Gasteiger partial charge in [-0.1, -0.05) is 29.7 Å². The van der Waals surface area contributed by atoms with Crippen molar-refractivity contribution in [2.24, 2.45) is 5.92 Å². The largest absolute Gasteiger partial charge is 0.315 e. The summed E-state index contributed by atoms with van der Waals surface area (Å²) in [4.78, 5) is 4.49. The molecular formula is C20H15ClN4. The lowest BCUT2D eigenvalue weighted by Crippen LogP contribution is -2.07. The molecule has 4 nitrogen and oxygen atoms in total. The van der Waals surface area contributed by atoms with Gasteiger partial charge in [0.1, 0.15) is 5.15 Å². The molecule has 1 saturated heterocycles. The van der Waals surface area contributed by atoms with Crippen LogP contribution in [0.15, 0.2) is 42.6 Å². The van der Waals surface area contributed by atoms with Crippen molar-refractivity contribution in [3.8, 4) is 29.2 Å². The van der Waals surface area contributed by atoms with Gasteiger partial charge in [-0.3, -0.25) is 4.57 Å². The van der Waals surface area contributed by atoms with Crippen LogP contribution in [0.4, 0.5) is 0 Å². The van der Waals surface area contributed by atoms with Crippen LogP contribution in [0.1, 0.15) is 12.0 Å². The normalized spacial score (nSPS) is 16.4. The van der Waals surface area contributed by atoms with E-state index in [4.69, 9.17) is 16.9 Å². The van der Waals surface area contributed by atoms with Crippen LogP contribution in [0.5, 0.6) is 0 Å². The van der Waals surface area contributed by atoms with E-state index in [1.165, 1.54) is 0 Å². The molecule has 3 aromatic rings. The lowest BCUT2D eigenvalue weighted by molar-refractivity contribution is 0.753. The van der Waals surface area contributed by atoms with Crippen LogP contribution < -0.4 is 5.32 Å². The molecule has 1 aliphatic rings. The summed E-state index contributed by atoms with van der Waals surface area (Å²) in [5.41, 5.74) is 4.14. The molecule has 4 rings (SSSR count). The molecule has 3 heterocycles. The molecule has 0 unspecified atom stereocenters. The lowest BCUT2D eigenvalue weighted by Gasteiger charge is -2.06. The van der Waals surface area contributed by atoms with Crippen molar-refractivity contribution < 1.29 is 0 Å². The second-order valence-electron chi connectivity index (χ2n) is 6.05. The van der Waals surface area contributed by atoms with Gasteiger partial charge < -0.3 is 5.32 Å². The monoisotopic (exact) mass is 346 g/mol. The van der Waals surface area contributed by atoms with Crippen LogP contribution in [0.3, 0.4) is 0 Å². The number of fused-ring (bicyclic) bond motifs is 1. The van der Waals surface area contributed by atoms with Gasteiger partial charge in [0.25, 0.3) is 0 Å². The van der Waals surface area contributed by atoms with Gasteiger partial charge in [-0.25, -0.2) is 4.98 Å². The molecule has 1 fully saturated rings. The van der Waals surface area contributed by atoms with E-state index in [9.17, 15) is 0 Å². The van der Waals surface area contributed by atoms with Crippen LogP contribution in [0, 0.1) is 29.2 Å². The quantitative estimate of drug-likeness (QED) is 0.540. The fraction of sp³-hybridized carbons (Fsp3) is 0.200. The minimum atomic E-state index is 0.399. The van der Waals surface area contributed by atoms with E-state index in [1.54, 1.807) is 12.1 Å². The van der Waals surface area contributed by atoms with E-state index in [1.807, 2.05) is 35.0 Å². The van der Waals surface area contributed by atoms with Crippen molar-refractivity contribution in [3.63, 3.8) is 0 Å². The predicted molar refractivity (Wildman–Crippen MR) is 99.0 cm³/mol. The SMILES string of the molecule is N#Cc1ccc(-c2cc3c(ccn3C#C[C@@H]3CCNC3)nc2Cl)cc1. The number of pyridine rings is 1. The van der Waals surface area contributed by atoms with Crippen LogP contribution >= 0.6 is 11.6 Å². The minimum absolute atomic E-state index is 0.399. The molecule has 1 aliphatic heterocycles. The predicted octanol–water partition coefficient (Wildman–Crippen LogP) is 3.65. The van der Waals surface area contributed by atoms with E-state index >= 15 is 0 Å². The summed E-state index contributed by atoms with van der Waals surface area (Å²) in [5.74, 6) is 3.72. The summed E-state index contributed by atoms with van der Waals surface area (Å²) < 4.78 is 1.91. The maximum Gasteiger partial charge on any atom is 0.137 e. The zero-order valence-corrected chi connectivity index (χ0v) is 14.2. The zero-order chi connectivity index (χ0) is 17.2. The van der Waals surface area contributed by atoms with Crippen molar-refractivity contribution in [2.75, 3.05) is 13.1 Å². The highest BCUT2D eigenvalue weighted by molar-refractivity contribution is 6.32. The fourth-order valence-electron chi connectivity index (χ4n) is 3.00. The van der Waals surface area contributed by atoms with Gasteiger partial charge in [0.15, 0.2) is 0 Å². The van der Waals surface area contributed by atoms with E-state index in [0.29, 0.717) is 16.6 Å². The molecule has 0 aliphatic carbocycles. The second kappa shape index (κ2) is 6.61. The van der Waals surface area contributed by atoms with Crippen molar-refractivity contribution in [2.45, 2.75) is 6.42 Å². The molecular weight excluding hydrogens is 332 g/mol. The number of nitriles is 1. The summed E-state index contributed by atoms with van der Waals surface area (Å²) in [6.07, 6.45) is 3.01. The fourth-order valence-corrected chi connectivity index (χ4v) is 3.25. The third-order valence-electron chi connectivity index (χ3n) is 4.40. The minimum Gasteiger partial charge on any atom is -0.315 e. The van der Waals surface area contributed by atoms with Gasteiger partial charge in [-0.05, 0) is 42.8 Å². The highest BCUT2D eigenvalue weighted by Gasteiger charge is 2.12. The van der Waals surface area contributed by atoms with Crippen molar-refractivity contribution in [1.29, 1.82) is 5.26 Å². The van der Waals surface area contributed by atoms with Gasteiger partial charge in [-0.15, -0.1) is 0 Å². The Kier molecular flexibility index (Phi) is 4.15. The molecule has 0 amide bonds. The van der Waals surface area contributed by atoms with Gasteiger partial charge in [0.2, 0.25) is 0 Å². The summed E-state index contributed by atoms with van der Waals surface area (Å²) in [6.45, 7) is 1.98.